The van der Waals surface area contributed by atoms with Crippen molar-refractivity contribution in [2.24, 2.45) is 0 Å². The Hall–Kier alpha value is -0.480. The van der Waals surface area contributed by atoms with Gasteiger partial charge in [-0.25, -0.2) is 0 Å². The van der Waals surface area contributed by atoms with E-state index in [1.165, 1.54) is 5.56 Å². The van der Waals surface area contributed by atoms with Gasteiger partial charge in [-0.2, -0.15) is 0 Å². The maximum absolute atomic E-state index is 9.51. The first-order chi connectivity index (χ1) is 6.88. The number of rotatable bonds is 1. The Bertz CT molecular complexity index is 298. The fourth-order valence-electron chi connectivity index (χ4n) is 0.645. The summed E-state index contributed by atoms with van der Waals surface area (Å²) in [6.07, 6.45) is 0. The lowest BCUT2D eigenvalue weighted by Crippen LogP contribution is -2.47. The highest BCUT2D eigenvalue weighted by atomic mass is 35.6. The number of carboxylic acids is 1. The van der Waals surface area contributed by atoms with Crippen LogP contribution in [0.15, 0.2) is 30.3 Å². The number of hydrogen-bond donors (Lipinski definition) is 1. The minimum atomic E-state index is -2.28. The second-order valence-electron chi connectivity index (χ2n) is 2.52. The van der Waals surface area contributed by atoms with E-state index in [0.29, 0.717) is 0 Å². The van der Waals surface area contributed by atoms with Gasteiger partial charge in [0.05, 0.1) is 12.5 Å². The van der Waals surface area contributed by atoms with Gasteiger partial charge in [-0.05, 0) is 0 Å². The van der Waals surface area contributed by atoms with Crippen molar-refractivity contribution in [3.05, 3.63) is 35.9 Å². The van der Waals surface area contributed by atoms with Crippen molar-refractivity contribution >= 4 is 40.8 Å². The maximum Gasteiger partial charge on any atom is 0.230 e. The number of quaternary nitrogens is 1. The molecular formula is C9H10Cl3NO2. The second kappa shape index (κ2) is 6.90. The van der Waals surface area contributed by atoms with Crippen LogP contribution in [-0.4, -0.2) is 9.76 Å². The van der Waals surface area contributed by atoms with Crippen LogP contribution in [0.1, 0.15) is 5.56 Å². The molecule has 0 amide bonds. The molecule has 0 bridgehead atoms. The van der Waals surface area contributed by atoms with Crippen LogP contribution in [-0.2, 0) is 11.3 Å². The van der Waals surface area contributed by atoms with Crippen LogP contribution in [0.2, 0.25) is 0 Å². The van der Waals surface area contributed by atoms with Crippen LogP contribution >= 0.6 is 34.8 Å². The summed E-state index contributed by atoms with van der Waals surface area (Å²) in [5.74, 6) is -1.71. The fourth-order valence-corrected chi connectivity index (χ4v) is 0.645. The third-order valence-electron chi connectivity index (χ3n) is 1.36. The zero-order chi connectivity index (χ0) is 11.9. The van der Waals surface area contributed by atoms with Crippen molar-refractivity contribution in [2.45, 2.75) is 10.3 Å². The summed E-state index contributed by atoms with van der Waals surface area (Å²) in [4.78, 5) is 9.51. The molecule has 1 aromatic rings. The predicted molar refractivity (Wildman–Crippen MR) is 58.3 cm³/mol. The van der Waals surface area contributed by atoms with Gasteiger partial charge in [0, 0.05) is 5.56 Å². The van der Waals surface area contributed by atoms with Crippen molar-refractivity contribution in [1.82, 2.24) is 0 Å². The summed E-state index contributed by atoms with van der Waals surface area (Å²) in [6, 6.07) is 10.2. The van der Waals surface area contributed by atoms with Gasteiger partial charge >= 0.3 is 0 Å². The van der Waals surface area contributed by atoms with E-state index in [9.17, 15) is 9.90 Å². The predicted octanol–water partition coefficient (Wildman–Crippen LogP) is 0.535. The largest absolute Gasteiger partial charge is 0.545 e. The van der Waals surface area contributed by atoms with E-state index in [0.717, 1.165) is 6.54 Å². The van der Waals surface area contributed by atoms with Crippen LogP contribution in [0, 0.1) is 0 Å². The number of carbonyl (C=O) groups is 1. The van der Waals surface area contributed by atoms with E-state index in [-0.39, 0.29) is 0 Å². The minimum absolute atomic E-state index is 0.890. The number of carboxylic acid groups (broad SMARTS) is 1. The molecule has 0 fully saturated rings. The number of hydrogen-bond acceptors (Lipinski definition) is 2. The van der Waals surface area contributed by atoms with E-state index in [1.54, 1.807) is 0 Å². The Morgan fingerprint density at radius 1 is 1.27 bits per heavy atom. The normalized spacial score (nSPS) is 10.1. The molecule has 0 aromatic heterocycles. The van der Waals surface area contributed by atoms with Gasteiger partial charge in [0.1, 0.15) is 0 Å². The average molecular weight is 271 g/mol. The third kappa shape index (κ3) is 7.45. The van der Waals surface area contributed by atoms with E-state index in [2.05, 4.69) is 17.9 Å². The number of halogens is 3. The summed E-state index contributed by atoms with van der Waals surface area (Å²) in [5, 5.41) is 9.51. The molecule has 15 heavy (non-hydrogen) atoms. The quantitative estimate of drug-likeness (QED) is 0.757. The zero-order valence-corrected chi connectivity index (χ0v) is 10.0. The first-order valence-electron chi connectivity index (χ1n) is 3.99. The first kappa shape index (κ1) is 14.5. The van der Waals surface area contributed by atoms with Gasteiger partial charge in [-0.15, -0.1) is 0 Å². The number of alkyl halides is 3. The van der Waals surface area contributed by atoms with Crippen LogP contribution in [0.25, 0.3) is 0 Å². The number of carbonyl (C=O) groups excluding carboxylic acids is 1. The van der Waals surface area contributed by atoms with E-state index in [4.69, 9.17) is 34.8 Å². The molecule has 0 saturated carbocycles. The molecular weight excluding hydrogens is 260 g/mol. The molecule has 1 rings (SSSR count). The van der Waals surface area contributed by atoms with Crippen molar-refractivity contribution in [3.8, 4) is 0 Å². The molecule has 0 saturated heterocycles. The Kier molecular flexibility index (Phi) is 6.68. The van der Waals surface area contributed by atoms with Gasteiger partial charge in [0.15, 0.2) is 0 Å². The maximum atomic E-state index is 9.51. The average Bonchev–Trinajstić information content (AvgIpc) is 2.18. The van der Waals surface area contributed by atoms with E-state index < -0.39 is 9.76 Å². The molecule has 0 aliphatic rings. The van der Waals surface area contributed by atoms with Crippen LogP contribution in [0.3, 0.4) is 0 Å². The SMILES string of the molecule is O=C([O-])C(Cl)(Cl)Cl.[NH3+]Cc1ccccc1. The summed E-state index contributed by atoms with van der Waals surface area (Å²) >= 11 is 14.2. The molecule has 3 nitrogen and oxygen atoms in total. The van der Waals surface area contributed by atoms with Gasteiger partial charge in [-0.1, -0.05) is 65.1 Å². The summed E-state index contributed by atoms with van der Waals surface area (Å²) in [6.45, 7) is 0.890. The van der Waals surface area contributed by atoms with Gasteiger partial charge in [0.25, 0.3) is 0 Å². The summed E-state index contributed by atoms with van der Waals surface area (Å²) in [7, 11) is 0. The molecule has 0 aliphatic carbocycles. The Morgan fingerprint density at radius 3 is 1.87 bits per heavy atom. The van der Waals surface area contributed by atoms with Crippen molar-refractivity contribution in [3.63, 3.8) is 0 Å². The molecule has 3 N–H and O–H groups in total. The highest BCUT2D eigenvalue weighted by Crippen LogP contribution is 2.24. The molecule has 0 radical (unpaired) electrons. The number of aliphatic carboxylic acids is 1. The van der Waals surface area contributed by atoms with E-state index in [1.807, 2.05) is 18.2 Å². The monoisotopic (exact) mass is 269 g/mol. The Balaban J connectivity index is 0.000000265. The lowest BCUT2D eigenvalue weighted by atomic mass is 10.2. The lowest BCUT2D eigenvalue weighted by Gasteiger charge is -2.09. The second-order valence-corrected chi connectivity index (χ2v) is 4.80. The molecule has 1 aromatic carbocycles. The molecule has 0 spiro atoms. The van der Waals surface area contributed by atoms with Gasteiger partial charge < -0.3 is 15.6 Å². The molecule has 0 atom stereocenters. The third-order valence-corrected chi connectivity index (χ3v) is 1.83. The summed E-state index contributed by atoms with van der Waals surface area (Å²) in [5.41, 5.74) is 5.05. The van der Waals surface area contributed by atoms with Crippen molar-refractivity contribution < 1.29 is 15.6 Å². The highest BCUT2D eigenvalue weighted by molar-refractivity contribution is 6.75. The van der Waals surface area contributed by atoms with Gasteiger partial charge in [-0.3, -0.25) is 0 Å². The smallest absolute Gasteiger partial charge is 0.230 e. The number of benzene rings is 1. The standard InChI is InChI=1S/C7H9N.C2HCl3O2/c8-6-7-4-2-1-3-5-7;3-2(4,5)1(6)7/h1-5H,6,8H2;(H,6,7). The van der Waals surface area contributed by atoms with Gasteiger partial charge in [0.2, 0.25) is 3.79 Å². The Labute approximate surface area is 103 Å². The van der Waals surface area contributed by atoms with Crippen LogP contribution < -0.4 is 10.8 Å². The van der Waals surface area contributed by atoms with Crippen molar-refractivity contribution in [2.75, 3.05) is 0 Å². The summed E-state index contributed by atoms with van der Waals surface area (Å²) < 4.78 is -2.28. The zero-order valence-electron chi connectivity index (χ0n) is 7.75. The minimum Gasteiger partial charge on any atom is -0.545 e. The van der Waals surface area contributed by atoms with Crippen LogP contribution in [0.4, 0.5) is 0 Å². The molecule has 0 heterocycles. The molecule has 6 heteroatoms. The topological polar surface area (TPSA) is 67.8 Å². The first-order valence-corrected chi connectivity index (χ1v) is 5.12. The molecule has 0 aliphatic heterocycles. The fraction of sp³-hybridized carbons (Fsp3) is 0.222. The van der Waals surface area contributed by atoms with Crippen molar-refractivity contribution in [1.29, 1.82) is 0 Å². The molecule has 84 valence electrons. The highest BCUT2D eigenvalue weighted by Gasteiger charge is 2.20. The lowest BCUT2D eigenvalue weighted by molar-refractivity contribution is -0.386. The Morgan fingerprint density at radius 2 is 1.67 bits per heavy atom. The van der Waals surface area contributed by atoms with E-state index >= 15 is 0 Å². The molecule has 0 unspecified atom stereocenters. The van der Waals surface area contributed by atoms with Crippen LogP contribution in [0.5, 0.6) is 0 Å².